The van der Waals surface area contributed by atoms with Gasteiger partial charge in [-0.05, 0) is 38.1 Å². The molecule has 0 aliphatic rings. The van der Waals surface area contributed by atoms with Crippen molar-refractivity contribution in [3.8, 4) is 5.69 Å². The standard InChI is InChI=1S/C21H23N3O3/c1-15(2)23(14-21(26)27)20(25)13-12-19-22-17-10-6-7-11-18(17)24(19)16-8-4-3-5-9-16/h3-11,15H,12-14H2,1-2H3,(H,26,27). The lowest BCUT2D eigenvalue weighted by atomic mass is 10.2. The summed E-state index contributed by atoms with van der Waals surface area (Å²) in [7, 11) is 0. The maximum absolute atomic E-state index is 12.6. The maximum atomic E-state index is 12.6. The van der Waals surface area contributed by atoms with Crippen LogP contribution in [0.5, 0.6) is 0 Å². The van der Waals surface area contributed by atoms with Gasteiger partial charge in [-0.1, -0.05) is 30.3 Å². The maximum Gasteiger partial charge on any atom is 0.323 e. The molecule has 6 heteroatoms. The van der Waals surface area contributed by atoms with E-state index in [0.717, 1.165) is 22.5 Å². The van der Waals surface area contributed by atoms with Crippen LogP contribution in [-0.4, -0.2) is 44.0 Å². The summed E-state index contributed by atoms with van der Waals surface area (Å²) in [5.41, 5.74) is 2.84. The van der Waals surface area contributed by atoms with Crippen molar-refractivity contribution < 1.29 is 14.7 Å². The molecule has 1 amide bonds. The molecule has 0 saturated carbocycles. The lowest BCUT2D eigenvalue weighted by Crippen LogP contribution is -2.40. The second kappa shape index (κ2) is 8.03. The molecule has 0 bridgehead atoms. The van der Waals surface area contributed by atoms with E-state index in [1.807, 2.05) is 68.4 Å². The molecule has 0 radical (unpaired) electrons. The Morgan fingerprint density at radius 3 is 2.41 bits per heavy atom. The van der Waals surface area contributed by atoms with E-state index in [2.05, 4.69) is 4.57 Å². The smallest absolute Gasteiger partial charge is 0.323 e. The first-order valence-corrected chi connectivity index (χ1v) is 9.00. The van der Waals surface area contributed by atoms with Crippen molar-refractivity contribution in [3.63, 3.8) is 0 Å². The van der Waals surface area contributed by atoms with Crippen molar-refractivity contribution in [2.24, 2.45) is 0 Å². The van der Waals surface area contributed by atoms with E-state index in [-0.39, 0.29) is 24.9 Å². The molecule has 140 valence electrons. The number of nitrogens with zero attached hydrogens (tertiary/aromatic N) is 3. The molecule has 1 N–H and O–H groups in total. The van der Waals surface area contributed by atoms with Gasteiger partial charge in [-0.2, -0.15) is 0 Å². The van der Waals surface area contributed by atoms with Crippen LogP contribution in [0.2, 0.25) is 0 Å². The van der Waals surface area contributed by atoms with Gasteiger partial charge in [-0.3, -0.25) is 14.2 Å². The second-order valence-electron chi connectivity index (χ2n) is 6.70. The van der Waals surface area contributed by atoms with Crippen LogP contribution in [0.15, 0.2) is 54.6 Å². The Labute approximate surface area is 158 Å². The molecular formula is C21H23N3O3. The number of aryl methyl sites for hydroxylation is 1. The van der Waals surface area contributed by atoms with Crippen LogP contribution in [0.25, 0.3) is 16.7 Å². The van der Waals surface area contributed by atoms with Crippen molar-refractivity contribution in [2.45, 2.75) is 32.7 Å². The molecule has 3 rings (SSSR count). The fourth-order valence-corrected chi connectivity index (χ4v) is 3.18. The van der Waals surface area contributed by atoms with Crippen molar-refractivity contribution in [1.29, 1.82) is 0 Å². The number of aliphatic carboxylic acids is 1. The molecular weight excluding hydrogens is 342 g/mol. The topological polar surface area (TPSA) is 75.4 Å². The van der Waals surface area contributed by atoms with Gasteiger partial charge in [0, 0.05) is 24.6 Å². The minimum Gasteiger partial charge on any atom is -0.480 e. The summed E-state index contributed by atoms with van der Waals surface area (Å²) < 4.78 is 2.06. The van der Waals surface area contributed by atoms with Crippen LogP contribution in [0.3, 0.4) is 0 Å². The molecule has 0 spiro atoms. The molecule has 0 saturated heterocycles. The molecule has 0 unspecified atom stereocenters. The zero-order valence-electron chi connectivity index (χ0n) is 15.5. The highest BCUT2D eigenvalue weighted by Gasteiger charge is 2.21. The summed E-state index contributed by atoms with van der Waals surface area (Å²) in [6.45, 7) is 3.35. The Hall–Kier alpha value is -3.15. The summed E-state index contributed by atoms with van der Waals surface area (Å²) in [6.07, 6.45) is 0.646. The van der Waals surface area contributed by atoms with Crippen LogP contribution in [0.4, 0.5) is 0 Å². The lowest BCUT2D eigenvalue weighted by Gasteiger charge is -2.24. The monoisotopic (exact) mass is 365 g/mol. The Balaban J connectivity index is 1.89. The number of hydrogen-bond donors (Lipinski definition) is 1. The quantitative estimate of drug-likeness (QED) is 0.697. The number of rotatable bonds is 7. The summed E-state index contributed by atoms with van der Waals surface area (Å²) in [6, 6.07) is 17.6. The highest BCUT2D eigenvalue weighted by atomic mass is 16.4. The Morgan fingerprint density at radius 1 is 1.07 bits per heavy atom. The fraction of sp³-hybridized carbons (Fsp3) is 0.286. The van der Waals surface area contributed by atoms with Gasteiger partial charge in [0.25, 0.3) is 0 Å². The predicted octanol–water partition coefficient (Wildman–Crippen LogP) is 3.28. The first-order chi connectivity index (χ1) is 13.0. The molecule has 1 aromatic heterocycles. The Kier molecular flexibility index (Phi) is 5.54. The van der Waals surface area contributed by atoms with E-state index in [4.69, 9.17) is 10.1 Å². The van der Waals surface area contributed by atoms with E-state index in [0.29, 0.717) is 6.42 Å². The van der Waals surface area contributed by atoms with Gasteiger partial charge in [0.05, 0.1) is 11.0 Å². The molecule has 6 nitrogen and oxygen atoms in total. The number of para-hydroxylation sites is 3. The molecule has 0 aliphatic carbocycles. The van der Waals surface area contributed by atoms with Crippen molar-refractivity contribution >= 4 is 22.9 Å². The number of imidazole rings is 1. The molecule has 1 heterocycles. The van der Waals surface area contributed by atoms with Crippen LogP contribution >= 0.6 is 0 Å². The van der Waals surface area contributed by atoms with E-state index in [1.54, 1.807) is 0 Å². The van der Waals surface area contributed by atoms with Gasteiger partial charge in [0.1, 0.15) is 12.4 Å². The normalized spacial score (nSPS) is 11.1. The van der Waals surface area contributed by atoms with Gasteiger partial charge < -0.3 is 10.0 Å². The number of hydrogen-bond acceptors (Lipinski definition) is 3. The number of fused-ring (bicyclic) bond motifs is 1. The second-order valence-corrected chi connectivity index (χ2v) is 6.70. The zero-order valence-corrected chi connectivity index (χ0v) is 15.5. The minimum absolute atomic E-state index is 0.165. The van der Waals surface area contributed by atoms with E-state index in [9.17, 15) is 9.59 Å². The van der Waals surface area contributed by atoms with Crippen molar-refractivity contribution in [2.75, 3.05) is 6.54 Å². The van der Waals surface area contributed by atoms with Gasteiger partial charge in [-0.25, -0.2) is 4.98 Å². The molecule has 0 atom stereocenters. The third kappa shape index (κ3) is 4.16. The van der Waals surface area contributed by atoms with Gasteiger partial charge >= 0.3 is 5.97 Å². The SMILES string of the molecule is CC(C)N(CC(=O)O)C(=O)CCc1nc2ccccc2n1-c1ccccc1. The highest BCUT2D eigenvalue weighted by molar-refractivity contribution is 5.82. The largest absolute Gasteiger partial charge is 0.480 e. The first kappa shape index (κ1) is 18.6. The van der Waals surface area contributed by atoms with E-state index < -0.39 is 5.97 Å². The molecule has 0 aliphatic heterocycles. The molecule has 3 aromatic rings. The summed E-state index contributed by atoms with van der Waals surface area (Å²) in [5, 5.41) is 9.04. The average Bonchev–Trinajstić information content (AvgIpc) is 3.03. The van der Waals surface area contributed by atoms with Gasteiger partial charge in [0.2, 0.25) is 5.91 Å². The number of benzene rings is 2. The average molecular weight is 365 g/mol. The molecule has 0 fully saturated rings. The highest BCUT2D eigenvalue weighted by Crippen LogP contribution is 2.22. The first-order valence-electron chi connectivity index (χ1n) is 9.00. The van der Waals surface area contributed by atoms with Crippen LogP contribution < -0.4 is 0 Å². The number of carbonyl (C=O) groups excluding carboxylic acids is 1. The summed E-state index contributed by atoms with van der Waals surface area (Å²) in [4.78, 5) is 29.7. The summed E-state index contributed by atoms with van der Waals surface area (Å²) in [5.74, 6) is -0.401. The number of carboxylic acids is 1. The number of amides is 1. The predicted molar refractivity (Wildman–Crippen MR) is 104 cm³/mol. The Morgan fingerprint density at radius 2 is 1.74 bits per heavy atom. The van der Waals surface area contributed by atoms with E-state index >= 15 is 0 Å². The zero-order chi connectivity index (χ0) is 19.4. The van der Waals surface area contributed by atoms with Crippen molar-refractivity contribution in [1.82, 2.24) is 14.5 Å². The van der Waals surface area contributed by atoms with Gasteiger partial charge in [-0.15, -0.1) is 0 Å². The lowest BCUT2D eigenvalue weighted by molar-refractivity contribution is -0.145. The van der Waals surface area contributed by atoms with Crippen LogP contribution in [-0.2, 0) is 16.0 Å². The van der Waals surface area contributed by atoms with Crippen LogP contribution in [0.1, 0.15) is 26.1 Å². The number of carbonyl (C=O) groups is 2. The Bertz CT molecular complexity index is 948. The molecule has 27 heavy (non-hydrogen) atoms. The number of aromatic nitrogens is 2. The number of carboxylic acid groups (broad SMARTS) is 1. The summed E-state index contributed by atoms with van der Waals surface area (Å²) >= 11 is 0. The van der Waals surface area contributed by atoms with Crippen LogP contribution in [0, 0.1) is 0 Å². The fourth-order valence-electron chi connectivity index (χ4n) is 3.18. The third-order valence-corrected chi connectivity index (χ3v) is 4.46. The van der Waals surface area contributed by atoms with E-state index in [1.165, 1.54) is 4.90 Å². The molecule has 2 aromatic carbocycles. The minimum atomic E-state index is -1.01. The van der Waals surface area contributed by atoms with Crippen molar-refractivity contribution in [3.05, 3.63) is 60.4 Å². The third-order valence-electron chi connectivity index (χ3n) is 4.46. The van der Waals surface area contributed by atoms with Gasteiger partial charge in [0.15, 0.2) is 0 Å².